The van der Waals surface area contributed by atoms with Gasteiger partial charge in [-0.05, 0) is 6.92 Å². The van der Waals surface area contributed by atoms with Crippen LogP contribution in [0.5, 0.6) is 0 Å². The van der Waals surface area contributed by atoms with Crippen molar-refractivity contribution in [2.45, 2.75) is 24.9 Å². The number of morpholine rings is 1. The van der Waals surface area contributed by atoms with Crippen molar-refractivity contribution in [3.05, 3.63) is 0 Å². The number of carbonyl (C=O) groups is 1. The average Bonchev–Trinajstić information content (AvgIpc) is 2.33. The van der Waals surface area contributed by atoms with E-state index in [0.29, 0.717) is 0 Å². The second-order valence-electron chi connectivity index (χ2n) is 2.61. The topological polar surface area (TPSA) is 61.9 Å². The van der Waals surface area contributed by atoms with Gasteiger partial charge in [0.25, 0.3) is 5.91 Å². The molecule has 0 aromatic rings. The monoisotopic (exact) mass is 129 g/mol. The number of hydrogen-bond acceptors (Lipinski definition) is 3. The first-order valence-corrected chi connectivity index (χ1v) is 2.81. The van der Waals surface area contributed by atoms with Crippen molar-refractivity contribution in [2.24, 2.45) is 0 Å². The van der Waals surface area contributed by atoms with Gasteiger partial charge in [0.2, 0.25) is 0 Å². The second kappa shape index (κ2) is 1.12. The lowest BCUT2D eigenvalue weighted by Crippen LogP contribution is -2.44. The number of carbonyl (C=O) groups excluding carboxylic acids is 1. The summed E-state index contributed by atoms with van der Waals surface area (Å²) in [6.07, 6.45) is -0.676. The summed E-state index contributed by atoms with van der Waals surface area (Å²) < 4.78 is 4.82. The zero-order chi connectivity index (χ0) is 6.65. The molecule has 2 aliphatic heterocycles. The van der Waals surface area contributed by atoms with Gasteiger partial charge in [-0.2, -0.15) is 0 Å². The summed E-state index contributed by atoms with van der Waals surface area (Å²) in [4.78, 5) is 10.6. The van der Waals surface area contributed by atoms with E-state index in [2.05, 4.69) is 5.32 Å². The molecule has 3 atom stereocenters. The molecule has 0 spiro atoms. The van der Waals surface area contributed by atoms with Crippen LogP contribution in [0.1, 0.15) is 6.92 Å². The van der Waals surface area contributed by atoms with Crippen molar-refractivity contribution in [1.29, 1.82) is 0 Å². The highest BCUT2D eigenvalue weighted by Gasteiger charge is 2.62. The minimum absolute atomic E-state index is 0.204. The molecule has 2 aliphatic rings. The highest BCUT2D eigenvalue weighted by atomic mass is 16.6. The van der Waals surface area contributed by atoms with E-state index in [0.717, 1.165) is 0 Å². The molecule has 0 aromatic heterocycles. The van der Waals surface area contributed by atoms with Crippen LogP contribution < -0.4 is 5.32 Å². The zero-order valence-electron chi connectivity index (χ0n) is 4.92. The third-order valence-electron chi connectivity index (χ3n) is 1.68. The molecule has 2 heterocycles. The van der Waals surface area contributed by atoms with Crippen molar-refractivity contribution >= 4 is 5.91 Å². The van der Waals surface area contributed by atoms with Crippen LogP contribution >= 0.6 is 0 Å². The molecule has 50 valence electrons. The Labute approximate surface area is 51.8 Å². The highest BCUT2D eigenvalue weighted by molar-refractivity contribution is 5.87. The summed E-state index contributed by atoms with van der Waals surface area (Å²) in [5.41, 5.74) is -1.12. The van der Waals surface area contributed by atoms with E-state index < -0.39 is 5.72 Å². The minimum Gasteiger partial charge on any atom is -0.369 e. The number of amides is 1. The van der Waals surface area contributed by atoms with Gasteiger partial charge in [-0.25, -0.2) is 0 Å². The Balaban J connectivity index is 2.26. The van der Waals surface area contributed by atoms with Crippen molar-refractivity contribution in [3.8, 4) is 0 Å². The van der Waals surface area contributed by atoms with Gasteiger partial charge in [0.1, 0.15) is 6.10 Å². The molecule has 2 fully saturated rings. The number of rotatable bonds is 0. The maximum atomic E-state index is 10.6. The van der Waals surface area contributed by atoms with Gasteiger partial charge in [-0.1, -0.05) is 0 Å². The van der Waals surface area contributed by atoms with E-state index >= 15 is 0 Å². The van der Waals surface area contributed by atoms with Gasteiger partial charge in [-0.3, -0.25) is 4.79 Å². The Morgan fingerprint density at radius 2 is 2.56 bits per heavy atom. The molecule has 0 bridgehead atoms. The summed E-state index contributed by atoms with van der Waals surface area (Å²) in [6.45, 7) is 1.53. The number of aliphatic hydroxyl groups is 1. The van der Waals surface area contributed by atoms with Crippen LogP contribution in [0, 0.1) is 0 Å². The van der Waals surface area contributed by atoms with Gasteiger partial charge in [0.15, 0.2) is 11.8 Å². The summed E-state index contributed by atoms with van der Waals surface area (Å²) in [5, 5.41) is 11.6. The standard InChI is InChI=1S/C5H7NO3/c1-5(8)3-2(9-3)4(7)6-5/h2-3,8H,1H3,(H,6,7)/t2-,3+,5?/m0/s1. The van der Waals surface area contributed by atoms with Gasteiger partial charge < -0.3 is 15.2 Å². The van der Waals surface area contributed by atoms with Crippen LogP contribution in [-0.2, 0) is 9.53 Å². The molecule has 1 unspecified atom stereocenters. The Morgan fingerprint density at radius 3 is 2.67 bits per heavy atom. The van der Waals surface area contributed by atoms with E-state index in [4.69, 9.17) is 4.74 Å². The zero-order valence-corrected chi connectivity index (χ0v) is 4.92. The summed E-state index contributed by atoms with van der Waals surface area (Å²) >= 11 is 0. The first kappa shape index (κ1) is 5.20. The van der Waals surface area contributed by atoms with Crippen LogP contribution in [0.2, 0.25) is 0 Å². The SMILES string of the molecule is CC1(O)NC(=O)[C@H]2O[C@H]21. The third kappa shape index (κ3) is 0.516. The average molecular weight is 129 g/mol. The predicted octanol–water partition coefficient (Wildman–Crippen LogP) is -1.41. The van der Waals surface area contributed by atoms with E-state index in [9.17, 15) is 9.90 Å². The van der Waals surface area contributed by atoms with Crippen LogP contribution in [0.15, 0.2) is 0 Å². The van der Waals surface area contributed by atoms with Crippen LogP contribution in [0.4, 0.5) is 0 Å². The summed E-state index contributed by atoms with van der Waals surface area (Å²) in [7, 11) is 0. The van der Waals surface area contributed by atoms with Gasteiger partial charge >= 0.3 is 0 Å². The Hall–Kier alpha value is -0.610. The number of hydrogen-bond donors (Lipinski definition) is 2. The smallest absolute Gasteiger partial charge is 0.254 e. The fourth-order valence-corrected chi connectivity index (χ4v) is 1.13. The van der Waals surface area contributed by atoms with E-state index in [1.165, 1.54) is 6.92 Å². The molecule has 0 aromatic carbocycles. The molecule has 0 radical (unpaired) electrons. The van der Waals surface area contributed by atoms with Gasteiger partial charge in [0, 0.05) is 0 Å². The lowest BCUT2D eigenvalue weighted by Gasteiger charge is -2.16. The first-order chi connectivity index (χ1) is 4.11. The fraction of sp³-hybridized carbons (Fsp3) is 0.800. The lowest BCUT2D eigenvalue weighted by molar-refractivity contribution is -0.128. The molecule has 4 heteroatoms. The van der Waals surface area contributed by atoms with E-state index in [1.54, 1.807) is 0 Å². The number of epoxide rings is 1. The second-order valence-corrected chi connectivity index (χ2v) is 2.61. The lowest BCUT2D eigenvalue weighted by atomic mass is 10.2. The van der Waals surface area contributed by atoms with E-state index in [-0.39, 0.29) is 18.1 Å². The molecule has 2 N–H and O–H groups in total. The van der Waals surface area contributed by atoms with Crippen molar-refractivity contribution in [1.82, 2.24) is 5.32 Å². The molecule has 0 aliphatic carbocycles. The molecular weight excluding hydrogens is 122 g/mol. The summed E-state index contributed by atoms with van der Waals surface area (Å²) in [5.74, 6) is -0.204. The van der Waals surface area contributed by atoms with Crippen LogP contribution in [0.3, 0.4) is 0 Å². The molecule has 0 saturated carbocycles. The quantitative estimate of drug-likeness (QED) is 0.395. The highest BCUT2D eigenvalue weighted by Crippen LogP contribution is 2.36. The Bertz CT molecular complexity index is 177. The molecule has 2 rings (SSSR count). The molecule has 9 heavy (non-hydrogen) atoms. The third-order valence-corrected chi connectivity index (χ3v) is 1.68. The Morgan fingerprint density at radius 1 is 1.89 bits per heavy atom. The Kier molecular flexibility index (Phi) is 0.649. The van der Waals surface area contributed by atoms with Crippen LogP contribution in [-0.4, -0.2) is 28.9 Å². The maximum Gasteiger partial charge on any atom is 0.254 e. The van der Waals surface area contributed by atoms with Crippen molar-refractivity contribution < 1.29 is 14.6 Å². The minimum atomic E-state index is -1.12. The van der Waals surface area contributed by atoms with Gasteiger partial charge in [0.05, 0.1) is 0 Å². The molecular formula is C5H7NO3. The fourth-order valence-electron chi connectivity index (χ4n) is 1.13. The van der Waals surface area contributed by atoms with Gasteiger partial charge in [-0.15, -0.1) is 0 Å². The molecule has 2 saturated heterocycles. The maximum absolute atomic E-state index is 10.6. The normalized spacial score (nSPS) is 54.7. The first-order valence-electron chi connectivity index (χ1n) is 2.81. The van der Waals surface area contributed by atoms with E-state index in [1.807, 2.05) is 0 Å². The predicted molar refractivity (Wildman–Crippen MR) is 27.4 cm³/mol. The molecule has 1 amide bonds. The van der Waals surface area contributed by atoms with Crippen molar-refractivity contribution in [2.75, 3.05) is 0 Å². The van der Waals surface area contributed by atoms with Crippen molar-refractivity contribution in [3.63, 3.8) is 0 Å². The number of ether oxygens (including phenoxy) is 1. The largest absolute Gasteiger partial charge is 0.369 e. The number of fused-ring (bicyclic) bond motifs is 1. The number of nitrogens with one attached hydrogen (secondary N) is 1. The molecule has 4 nitrogen and oxygen atoms in total. The summed E-state index contributed by atoms with van der Waals surface area (Å²) in [6, 6.07) is 0. The van der Waals surface area contributed by atoms with Crippen LogP contribution in [0.25, 0.3) is 0 Å².